The van der Waals surface area contributed by atoms with E-state index in [1.54, 1.807) is 4.68 Å². The Morgan fingerprint density at radius 3 is 2.58 bits per heavy atom. The minimum atomic E-state index is -0.356. The van der Waals surface area contributed by atoms with Crippen LogP contribution in [0.3, 0.4) is 0 Å². The highest BCUT2D eigenvalue weighted by molar-refractivity contribution is 9.13. The molecule has 0 aliphatic heterocycles. The number of aryl methyl sites for hydroxylation is 1. The molecule has 2 aromatic heterocycles. The Hall–Kier alpha value is -1.45. The zero-order valence-electron chi connectivity index (χ0n) is 12.5. The predicted octanol–water partition coefficient (Wildman–Crippen LogP) is 4.50. The lowest BCUT2D eigenvalue weighted by Crippen LogP contribution is -2.14. The van der Waals surface area contributed by atoms with E-state index in [9.17, 15) is 4.79 Å². The van der Waals surface area contributed by atoms with Crippen LogP contribution in [-0.2, 0) is 6.54 Å². The van der Waals surface area contributed by atoms with Crippen molar-refractivity contribution in [2.45, 2.75) is 13.5 Å². The SMILES string of the molecule is Cc1ccc(Cn2cc(Br)c(NC(=O)c3n[nH]c(Br)c3Br)n2)cc1. The summed E-state index contributed by atoms with van der Waals surface area (Å²) in [6.45, 7) is 2.67. The first-order valence-electron chi connectivity index (χ1n) is 6.93. The van der Waals surface area contributed by atoms with Crippen LogP contribution in [0.5, 0.6) is 0 Å². The number of halogens is 3. The minimum Gasteiger partial charge on any atom is -0.303 e. The standard InChI is InChI=1S/C15H12Br3N5O/c1-8-2-4-9(5-3-8)6-23-7-10(16)14(22-23)19-15(24)12-11(17)13(18)21-20-12/h2-5,7H,6H2,1H3,(H,20,21)(H,19,22,24). The monoisotopic (exact) mass is 515 g/mol. The molecular formula is C15H12Br3N5O. The van der Waals surface area contributed by atoms with Crippen molar-refractivity contribution in [1.82, 2.24) is 20.0 Å². The lowest BCUT2D eigenvalue weighted by Gasteiger charge is -2.03. The van der Waals surface area contributed by atoms with Crippen LogP contribution in [0.15, 0.2) is 44.0 Å². The topological polar surface area (TPSA) is 75.6 Å². The molecule has 0 aliphatic carbocycles. The second kappa shape index (κ2) is 7.20. The number of nitrogens with one attached hydrogen (secondary N) is 2. The number of H-pyrrole nitrogens is 1. The summed E-state index contributed by atoms with van der Waals surface area (Å²) in [5, 5.41) is 13.8. The molecule has 2 heterocycles. The van der Waals surface area contributed by atoms with Crippen LogP contribution in [0.2, 0.25) is 0 Å². The molecule has 0 atom stereocenters. The molecule has 24 heavy (non-hydrogen) atoms. The molecule has 0 saturated carbocycles. The molecule has 2 N–H and O–H groups in total. The third-order valence-corrected chi connectivity index (χ3v) is 5.75. The smallest absolute Gasteiger partial charge is 0.278 e. The maximum Gasteiger partial charge on any atom is 0.278 e. The van der Waals surface area contributed by atoms with Crippen molar-refractivity contribution in [2.75, 3.05) is 5.32 Å². The van der Waals surface area contributed by atoms with Crippen molar-refractivity contribution < 1.29 is 4.79 Å². The van der Waals surface area contributed by atoms with Gasteiger partial charge in [0.2, 0.25) is 0 Å². The Morgan fingerprint density at radius 1 is 1.25 bits per heavy atom. The van der Waals surface area contributed by atoms with Gasteiger partial charge in [0.25, 0.3) is 5.91 Å². The van der Waals surface area contributed by atoms with E-state index in [2.05, 4.69) is 92.7 Å². The Bertz CT molecular complexity index is 885. The summed E-state index contributed by atoms with van der Waals surface area (Å²) in [4.78, 5) is 12.3. The first-order valence-corrected chi connectivity index (χ1v) is 9.31. The van der Waals surface area contributed by atoms with Gasteiger partial charge in [-0.25, -0.2) is 0 Å². The van der Waals surface area contributed by atoms with E-state index in [-0.39, 0.29) is 11.6 Å². The van der Waals surface area contributed by atoms with Crippen molar-refractivity contribution in [2.24, 2.45) is 0 Å². The summed E-state index contributed by atoms with van der Waals surface area (Å²) < 4.78 is 3.64. The summed E-state index contributed by atoms with van der Waals surface area (Å²) in [6, 6.07) is 8.23. The van der Waals surface area contributed by atoms with Gasteiger partial charge in [-0.15, -0.1) is 0 Å². The lowest BCUT2D eigenvalue weighted by molar-refractivity contribution is 0.102. The number of hydrogen-bond donors (Lipinski definition) is 2. The normalized spacial score (nSPS) is 10.8. The Labute approximate surface area is 163 Å². The zero-order chi connectivity index (χ0) is 17.3. The minimum absolute atomic E-state index is 0.252. The molecule has 0 spiro atoms. The molecule has 6 nitrogen and oxygen atoms in total. The van der Waals surface area contributed by atoms with Gasteiger partial charge < -0.3 is 5.32 Å². The van der Waals surface area contributed by atoms with Crippen LogP contribution in [-0.4, -0.2) is 25.9 Å². The van der Waals surface area contributed by atoms with Gasteiger partial charge in [0, 0.05) is 6.20 Å². The summed E-state index contributed by atoms with van der Waals surface area (Å²) in [5.74, 6) is 0.0863. The third kappa shape index (κ3) is 3.79. The molecule has 1 amide bonds. The van der Waals surface area contributed by atoms with E-state index in [1.165, 1.54) is 5.56 Å². The van der Waals surface area contributed by atoms with Crippen molar-refractivity contribution in [3.05, 3.63) is 60.8 Å². The lowest BCUT2D eigenvalue weighted by atomic mass is 10.1. The molecule has 3 aromatic rings. The first-order chi connectivity index (χ1) is 11.4. The van der Waals surface area contributed by atoms with E-state index < -0.39 is 0 Å². The quantitative estimate of drug-likeness (QED) is 0.535. The number of aromatic amines is 1. The largest absolute Gasteiger partial charge is 0.303 e. The van der Waals surface area contributed by atoms with Crippen molar-refractivity contribution in [1.29, 1.82) is 0 Å². The average molecular weight is 518 g/mol. The molecule has 0 aliphatic rings. The molecule has 9 heteroatoms. The number of hydrogen-bond acceptors (Lipinski definition) is 3. The molecule has 0 fully saturated rings. The molecule has 124 valence electrons. The second-order valence-corrected chi connectivity index (χ2v) is 7.60. The van der Waals surface area contributed by atoms with Crippen molar-refractivity contribution in [3.8, 4) is 0 Å². The van der Waals surface area contributed by atoms with E-state index in [0.717, 1.165) is 5.56 Å². The number of anilines is 1. The van der Waals surface area contributed by atoms with Crippen LogP contribution >= 0.6 is 47.8 Å². The Kier molecular flexibility index (Phi) is 5.21. The van der Waals surface area contributed by atoms with E-state index in [1.807, 2.05) is 13.1 Å². The summed E-state index contributed by atoms with van der Waals surface area (Å²) in [6.07, 6.45) is 1.82. The molecule has 1 aromatic carbocycles. The van der Waals surface area contributed by atoms with Gasteiger partial charge in [-0.2, -0.15) is 10.2 Å². The Morgan fingerprint density at radius 2 is 1.96 bits per heavy atom. The number of amides is 1. The summed E-state index contributed by atoms with van der Waals surface area (Å²) >= 11 is 9.98. The van der Waals surface area contributed by atoms with Gasteiger partial charge in [-0.3, -0.25) is 14.6 Å². The number of benzene rings is 1. The predicted molar refractivity (Wildman–Crippen MR) is 102 cm³/mol. The van der Waals surface area contributed by atoms with Crippen molar-refractivity contribution >= 4 is 59.5 Å². The van der Waals surface area contributed by atoms with E-state index in [0.29, 0.717) is 25.9 Å². The second-order valence-electron chi connectivity index (χ2n) is 5.16. The van der Waals surface area contributed by atoms with Crippen LogP contribution in [0.25, 0.3) is 0 Å². The van der Waals surface area contributed by atoms with Gasteiger partial charge in [0.1, 0.15) is 4.60 Å². The maximum atomic E-state index is 12.3. The van der Waals surface area contributed by atoms with Gasteiger partial charge >= 0.3 is 0 Å². The number of carbonyl (C=O) groups is 1. The number of aromatic nitrogens is 4. The fraction of sp³-hybridized carbons (Fsp3) is 0.133. The third-order valence-electron chi connectivity index (χ3n) is 3.30. The Balaban J connectivity index is 1.75. The van der Waals surface area contributed by atoms with E-state index in [4.69, 9.17) is 0 Å². The van der Waals surface area contributed by atoms with Gasteiger partial charge in [-0.05, 0) is 60.3 Å². The van der Waals surface area contributed by atoms with Gasteiger partial charge in [-0.1, -0.05) is 29.8 Å². The molecule has 3 rings (SSSR count). The highest BCUT2D eigenvalue weighted by atomic mass is 79.9. The van der Waals surface area contributed by atoms with Crippen LogP contribution in [0.1, 0.15) is 21.6 Å². The highest BCUT2D eigenvalue weighted by Crippen LogP contribution is 2.26. The summed E-state index contributed by atoms with van der Waals surface area (Å²) in [7, 11) is 0. The average Bonchev–Trinajstić information content (AvgIpc) is 3.05. The number of nitrogens with zero attached hydrogens (tertiary/aromatic N) is 3. The fourth-order valence-electron chi connectivity index (χ4n) is 2.07. The maximum absolute atomic E-state index is 12.3. The fourth-order valence-corrected chi connectivity index (χ4v) is 3.12. The number of carbonyl (C=O) groups excluding carboxylic acids is 1. The van der Waals surface area contributed by atoms with Crippen LogP contribution < -0.4 is 5.32 Å². The van der Waals surface area contributed by atoms with Crippen LogP contribution in [0, 0.1) is 6.92 Å². The summed E-state index contributed by atoms with van der Waals surface area (Å²) in [5.41, 5.74) is 2.60. The molecule has 0 bridgehead atoms. The van der Waals surface area contributed by atoms with E-state index >= 15 is 0 Å². The molecule has 0 saturated heterocycles. The van der Waals surface area contributed by atoms with Crippen LogP contribution in [0.4, 0.5) is 5.82 Å². The highest BCUT2D eigenvalue weighted by Gasteiger charge is 2.19. The molecule has 0 radical (unpaired) electrons. The molecule has 0 unspecified atom stereocenters. The number of rotatable bonds is 4. The first kappa shape index (κ1) is 17.4. The zero-order valence-corrected chi connectivity index (χ0v) is 17.2. The molecular weight excluding hydrogens is 506 g/mol. The van der Waals surface area contributed by atoms with Gasteiger partial charge in [0.05, 0.1) is 15.5 Å². The van der Waals surface area contributed by atoms with Crippen molar-refractivity contribution in [3.63, 3.8) is 0 Å². The van der Waals surface area contributed by atoms with Gasteiger partial charge in [0.15, 0.2) is 11.5 Å².